The number of carbonyl (C=O) groups is 1. The van der Waals surface area contributed by atoms with E-state index in [0.717, 1.165) is 11.3 Å². The molecule has 94 valence electrons. The van der Waals surface area contributed by atoms with Gasteiger partial charge >= 0.3 is 5.97 Å². The van der Waals surface area contributed by atoms with Crippen molar-refractivity contribution in [1.29, 1.82) is 0 Å². The van der Waals surface area contributed by atoms with E-state index < -0.39 is 11.5 Å². The van der Waals surface area contributed by atoms with E-state index in [9.17, 15) is 9.90 Å². The molecular weight excluding hydrogens is 218 g/mol. The molecule has 1 aromatic rings. The summed E-state index contributed by atoms with van der Waals surface area (Å²) in [5, 5.41) is 12.3. The average molecular weight is 237 g/mol. The molecule has 0 radical (unpaired) electrons. The molecule has 4 nitrogen and oxygen atoms in total. The number of nitrogens with one attached hydrogen (secondary N) is 1. The van der Waals surface area contributed by atoms with E-state index in [2.05, 4.69) is 5.32 Å². The molecule has 0 aromatic heterocycles. The third-order valence-electron chi connectivity index (χ3n) is 2.72. The summed E-state index contributed by atoms with van der Waals surface area (Å²) in [7, 11) is 1.56. The van der Waals surface area contributed by atoms with Gasteiger partial charge in [0.25, 0.3) is 0 Å². The topological polar surface area (TPSA) is 58.6 Å². The molecule has 0 saturated carbocycles. The molecule has 1 aromatic carbocycles. The summed E-state index contributed by atoms with van der Waals surface area (Å²) in [6.45, 7) is 4.04. The minimum atomic E-state index is -1.01. The maximum atomic E-state index is 11.3. The number of methoxy groups -OCH3 is 1. The van der Waals surface area contributed by atoms with Gasteiger partial charge in [-0.25, -0.2) is 4.79 Å². The average Bonchev–Trinajstić information content (AvgIpc) is 2.26. The number of ether oxygens (including phenoxy) is 1. The van der Waals surface area contributed by atoms with Crippen molar-refractivity contribution in [3.63, 3.8) is 0 Å². The van der Waals surface area contributed by atoms with Crippen molar-refractivity contribution in [2.24, 2.45) is 0 Å². The Morgan fingerprint density at radius 3 is 2.76 bits per heavy atom. The molecule has 0 spiro atoms. The van der Waals surface area contributed by atoms with Crippen molar-refractivity contribution in [3.8, 4) is 0 Å². The van der Waals surface area contributed by atoms with Crippen LogP contribution in [0.5, 0.6) is 0 Å². The van der Waals surface area contributed by atoms with Gasteiger partial charge in [-0.05, 0) is 31.5 Å². The van der Waals surface area contributed by atoms with Gasteiger partial charge in [-0.1, -0.05) is 12.1 Å². The lowest BCUT2D eigenvalue weighted by atomic mass is 9.98. The van der Waals surface area contributed by atoms with Crippen molar-refractivity contribution in [2.45, 2.75) is 25.8 Å². The van der Waals surface area contributed by atoms with Crippen LogP contribution in [0.2, 0.25) is 0 Å². The highest BCUT2D eigenvalue weighted by atomic mass is 16.5. The number of hydrogen-bond donors (Lipinski definition) is 2. The number of carboxylic acid groups (broad SMARTS) is 1. The summed E-state index contributed by atoms with van der Waals surface area (Å²) >= 11 is 0. The quantitative estimate of drug-likeness (QED) is 0.797. The van der Waals surface area contributed by atoms with E-state index in [1.807, 2.05) is 31.2 Å². The zero-order chi connectivity index (χ0) is 12.9. The van der Waals surface area contributed by atoms with Crippen LogP contribution in [0.4, 0.5) is 5.69 Å². The number of aliphatic carboxylic acids is 1. The first-order valence-corrected chi connectivity index (χ1v) is 5.55. The fourth-order valence-electron chi connectivity index (χ4n) is 1.57. The highest BCUT2D eigenvalue weighted by Gasteiger charge is 2.32. The molecule has 0 aliphatic rings. The van der Waals surface area contributed by atoms with Crippen LogP contribution < -0.4 is 5.32 Å². The SMILES string of the molecule is COCCC(C)(Nc1cccc(C)c1)C(=O)O. The Morgan fingerprint density at radius 1 is 1.53 bits per heavy atom. The van der Waals surface area contributed by atoms with Crippen LogP contribution in [0.1, 0.15) is 18.9 Å². The number of aryl methyl sites for hydroxylation is 1. The van der Waals surface area contributed by atoms with Crippen LogP contribution in [0.25, 0.3) is 0 Å². The lowest BCUT2D eigenvalue weighted by Crippen LogP contribution is -2.44. The monoisotopic (exact) mass is 237 g/mol. The van der Waals surface area contributed by atoms with E-state index >= 15 is 0 Å². The number of carboxylic acids is 1. The molecule has 1 atom stereocenters. The summed E-state index contributed by atoms with van der Waals surface area (Å²) in [5.41, 5.74) is 0.893. The number of rotatable bonds is 6. The van der Waals surface area contributed by atoms with Gasteiger partial charge in [-0.15, -0.1) is 0 Å². The molecule has 1 unspecified atom stereocenters. The third kappa shape index (κ3) is 3.75. The summed E-state index contributed by atoms with van der Waals surface area (Å²) < 4.78 is 4.95. The largest absolute Gasteiger partial charge is 0.480 e. The number of hydrogen-bond acceptors (Lipinski definition) is 3. The Morgan fingerprint density at radius 2 is 2.24 bits per heavy atom. The van der Waals surface area contributed by atoms with Crippen LogP contribution in [-0.2, 0) is 9.53 Å². The predicted molar refractivity (Wildman–Crippen MR) is 67.3 cm³/mol. The predicted octanol–water partition coefficient (Wildman–Crippen LogP) is 2.29. The van der Waals surface area contributed by atoms with Crippen LogP contribution in [-0.4, -0.2) is 30.3 Å². The summed E-state index contributed by atoms with van der Waals surface area (Å²) in [6, 6.07) is 7.66. The molecule has 0 saturated heterocycles. The molecule has 0 heterocycles. The van der Waals surface area contributed by atoms with Crippen molar-refractivity contribution in [3.05, 3.63) is 29.8 Å². The second-order valence-electron chi connectivity index (χ2n) is 4.37. The Balaban J connectivity index is 2.83. The van der Waals surface area contributed by atoms with Crippen LogP contribution >= 0.6 is 0 Å². The second-order valence-corrected chi connectivity index (χ2v) is 4.37. The molecular formula is C13H19NO3. The molecule has 0 bridgehead atoms. The Kier molecular flexibility index (Phi) is 4.52. The Hall–Kier alpha value is -1.55. The van der Waals surface area contributed by atoms with Crippen molar-refractivity contribution in [2.75, 3.05) is 19.0 Å². The molecule has 0 aliphatic heterocycles. The standard InChI is InChI=1S/C13H19NO3/c1-10-5-4-6-11(9-10)14-13(2,12(15)16)7-8-17-3/h4-6,9,14H,7-8H2,1-3H3,(H,15,16). The maximum Gasteiger partial charge on any atom is 0.329 e. The van der Waals surface area contributed by atoms with Gasteiger partial charge in [0.1, 0.15) is 5.54 Å². The van der Waals surface area contributed by atoms with E-state index in [-0.39, 0.29) is 0 Å². The number of benzene rings is 1. The summed E-state index contributed by atoms with van der Waals surface area (Å²) in [4.78, 5) is 11.3. The molecule has 1 rings (SSSR count). The third-order valence-corrected chi connectivity index (χ3v) is 2.72. The lowest BCUT2D eigenvalue weighted by Gasteiger charge is -2.27. The lowest BCUT2D eigenvalue weighted by molar-refractivity contribution is -0.142. The molecule has 0 amide bonds. The Labute approximate surface area is 102 Å². The fraction of sp³-hybridized carbons (Fsp3) is 0.462. The van der Waals surface area contributed by atoms with Crippen molar-refractivity contribution in [1.82, 2.24) is 0 Å². The zero-order valence-corrected chi connectivity index (χ0v) is 10.5. The maximum absolute atomic E-state index is 11.3. The first kappa shape index (κ1) is 13.5. The molecule has 2 N–H and O–H groups in total. The van der Waals surface area contributed by atoms with Gasteiger partial charge in [-0.3, -0.25) is 0 Å². The summed E-state index contributed by atoms with van der Waals surface area (Å²) in [5.74, 6) is -0.879. The molecule has 17 heavy (non-hydrogen) atoms. The van der Waals surface area contributed by atoms with Gasteiger partial charge in [0.05, 0.1) is 0 Å². The van der Waals surface area contributed by atoms with Crippen LogP contribution in [0.15, 0.2) is 24.3 Å². The molecule has 0 fully saturated rings. The highest BCUT2D eigenvalue weighted by Crippen LogP contribution is 2.20. The van der Waals surface area contributed by atoms with E-state index in [1.165, 1.54) is 0 Å². The molecule has 4 heteroatoms. The highest BCUT2D eigenvalue weighted by molar-refractivity contribution is 5.82. The second kappa shape index (κ2) is 5.68. The smallest absolute Gasteiger partial charge is 0.329 e. The van der Waals surface area contributed by atoms with Gasteiger partial charge < -0.3 is 15.2 Å². The fourth-order valence-corrected chi connectivity index (χ4v) is 1.57. The Bertz CT molecular complexity index is 392. The minimum absolute atomic E-state index is 0.404. The van der Waals surface area contributed by atoms with Crippen molar-refractivity contribution >= 4 is 11.7 Å². The van der Waals surface area contributed by atoms with Gasteiger partial charge in [-0.2, -0.15) is 0 Å². The van der Waals surface area contributed by atoms with Gasteiger partial charge in [0.15, 0.2) is 0 Å². The summed E-state index contributed by atoms with van der Waals surface area (Å²) in [6.07, 6.45) is 0.409. The minimum Gasteiger partial charge on any atom is -0.480 e. The first-order valence-electron chi connectivity index (χ1n) is 5.55. The van der Waals surface area contributed by atoms with Gasteiger partial charge in [0.2, 0.25) is 0 Å². The van der Waals surface area contributed by atoms with Crippen LogP contribution in [0, 0.1) is 6.92 Å². The van der Waals surface area contributed by atoms with Crippen LogP contribution in [0.3, 0.4) is 0 Å². The van der Waals surface area contributed by atoms with E-state index in [1.54, 1.807) is 14.0 Å². The zero-order valence-electron chi connectivity index (χ0n) is 10.5. The van der Waals surface area contributed by atoms with E-state index in [4.69, 9.17) is 4.74 Å². The van der Waals surface area contributed by atoms with E-state index in [0.29, 0.717) is 13.0 Å². The molecule has 0 aliphatic carbocycles. The van der Waals surface area contributed by atoms with Gasteiger partial charge in [0, 0.05) is 25.8 Å². The normalized spacial score (nSPS) is 14.1. The van der Waals surface area contributed by atoms with Crippen molar-refractivity contribution < 1.29 is 14.6 Å². The first-order chi connectivity index (χ1) is 7.98. The number of anilines is 1.